The summed E-state index contributed by atoms with van der Waals surface area (Å²) in [6.07, 6.45) is 1.07. The molecule has 0 fully saturated rings. The molecule has 27 heavy (non-hydrogen) atoms. The minimum absolute atomic E-state index is 0.383. The number of nitrogens with zero attached hydrogens (tertiary/aromatic N) is 1. The van der Waals surface area contributed by atoms with Crippen LogP contribution < -0.4 is 20.2 Å². The SMILES string of the molecule is COc1cc(C=NNC(=O)CC(=O)Nc2ccccc2Cl)cc(I)c1OC. The first-order valence-corrected chi connectivity index (χ1v) is 9.18. The second-order valence-corrected chi connectivity index (χ2v) is 6.81. The number of hydrazone groups is 1. The Morgan fingerprint density at radius 1 is 1.19 bits per heavy atom. The van der Waals surface area contributed by atoms with E-state index in [-0.39, 0.29) is 6.42 Å². The Morgan fingerprint density at radius 3 is 2.59 bits per heavy atom. The fourth-order valence-electron chi connectivity index (χ4n) is 2.13. The van der Waals surface area contributed by atoms with Crippen molar-refractivity contribution in [1.82, 2.24) is 5.43 Å². The summed E-state index contributed by atoms with van der Waals surface area (Å²) in [6.45, 7) is 0. The van der Waals surface area contributed by atoms with Gasteiger partial charge in [-0.3, -0.25) is 9.59 Å². The molecule has 0 spiro atoms. The molecule has 0 aromatic heterocycles. The molecule has 0 aliphatic heterocycles. The van der Waals surface area contributed by atoms with E-state index in [2.05, 4.69) is 38.4 Å². The van der Waals surface area contributed by atoms with Crippen molar-refractivity contribution >= 4 is 57.9 Å². The zero-order chi connectivity index (χ0) is 19.8. The molecule has 2 aromatic rings. The van der Waals surface area contributed by atoms with E-state index in [9.17, 15) is 9.59 Å². The lowest BCUT2D eigenvalue weighted by Crippen LogP contribution is -2.24. The van der Waals surface area contributed by atoms with Crippen molar-refractivity contribution in [2.45, 2.75) is 6.42 Å². The van der Waals surface area contributed by atoms with E-state index in [1.165, 1.54) is 13.3 Å². The molecule has 0 bridgehead atoms. The Balaban J connectivity index is 1.92. The summed E-state index contributed by atoms with van der Waals surface area (Å²) in [7, 11) is 3.09. The van der Waals surface area contributed by atoms with Crippen molar-refractivity contribution in [2.75, 3.05) is 19.5 Å². The van der Waals surface area contributed by atoms with Gasteiger partial charge in [-0.2, -0.15) is 5.10 Å². The van der Waals surface area contributed by atoms with E-state index >= 15 is 0 Å². The lowest BCUT2D eigenvalue weighted by Gasteiger charge is -2.10. The van der Waals surface area contributed by atoms with Gasteiger partial charge >= 0.3 is 0 Å². The third-order valence-corrected chi connectivity index (χ3v) is 4.46. The molecule has 2 amide bonds. The molecule has 7 nitrogen and oxygen atoms in total. The molecular weight excluding hydrogens is 485 g/mol. The number of hydrogen-bond acceptors (Lipinski definition) is 5. The summed E-state index contributed by atoms with van der Waals surface area (Å²) >= 11 is 8.07. The quantitative estimate of drug-likeness (QED) is 0.263. The Bertz CT molecular complexity index is 874. The number of amides is 2. The number of halogens is 2. The fourth-order valence-corrected chi connectivity index (χ4v) is 3.16. The van der Waals surface area contributed by atoms with E-state index in [1.807, 2.05) is 6.07 Å². The Morgan fingerprint density at radius 2 is 1.93 bits per heavy atom. The van der Waals surface area contributed by atoms with Gasteiger partial charge in [-0.15, -0.1) is 0 Å². The first kappa shape index (κ1) is 21.0. The summed E-state index contributed by atoms with van der Waals surface area (Å²) < 4.78 is 11.4. The number of hydrogen-bond donors (Lipinski definition) is 2. The molecule has 0 radical (unpaired) electrons. The van der Waals surface area contributed by atoms with Gasteiger partial charge in [0.1, 0.15) is 6.42 Å². The molecule has 0 aliphatic rings. The molecular formula is C18H17ClIN3O4. The minimum Gasteiger partial charge on any atom is -0.493 e. The van der Waals surface area contributed by atoms with Crippen LogP contribution in [-0.4, -0.2) is 32.2 Å². The summed E-state index contributed by atoms with van der Waals surface area (Å²) in [6, 6.07) is 10.3. The van der Waals surface area contributed by atoms with Gasteiger partial charge in [0, 0.05) is 0 Å². The van der Waals surface area contributed by atoms with Crippen LogP contribution in [-0.2, 0) is 9.59 Å². The number of carbonyl (C=O) groups excluding carboxylic acids is 2. The molecule has 2 aromatic carbocycles. The van der Waals surface area contributed by atoms with Crippen LogP contribution in [0.5, 0.6) is 11.5 Å². The number of methoxy groups -OCH3 is 2. The standard InChI is InChI=1S/C18H17ClIN3O4/c1-26-15-8-11(7-13(20)18(15)27-2)10-21-23-17(25)9-16(24)22-14-6-4-3-5-12(14)19/h3-8,10H,9H2,1-2H3,(H,22,24)(H,23,25). The summed E-state index contributed by atoms with van der Waals surface area (Å²) in [4.78, 5) is 23.7. The second-order valence-electron chi connectivity index (χ2n) is 5.24. The fraction of sp³-hybridized carbons (Fsp3) is 0.167. The number of ether oxygens (including phenoxy) is 2. The second kappa shape index (κ2) is 10.1. The number of anilines is 1. The molecule has 0 saturated heterocycles. The number of carbonyl (C=O) groups is 2. The number of para-hydroxylation sites is 1. The molecule has 0 atom stereocenters. The largest absolute Gasteiger partial charge is 0.493 e. The normalized spacial score (nSPS) is 10.5. The monoisotopic (exact) mass is 501 g/mol. The van der Waals surface area contributed by atoms with E-state index in [0.29, 0.717) is 27.8 Å². The highest BCUT2D eigenvalue weighted by atomic mass is 127. The first-order valence-electron chi connectivity index (χ1n) is 7.72. The van der Waals surface area contributed by atoms with Gasteiger partial charge in [0.15, 0.2) is 11.5 Å². The molecule has 0 aliphatic carbocycles. The molecule has 142 valence electrons. The van der Waals surface area contributed by atoms with Gasteiger partial charge < -0.3 is 14.8 Å². The summed E-state index contributed by atoms with van der Waals surface area (Å²) in [5, 5.41) is 6.83. The first-order chi connectivity index (χ1) is 12.9. The lowest BCUT2D eigenvalue weighted by atomic mass is 10.2. The molecule has 0 saturated carbocycles. The summed E-state index contributed by atoms with van der Waals surface area (Å²) in [5.41, 5.74) is 3.46. The predicted octanol–water partition coefficient (Wildman–Crippen LogP) is 3.44. The van der Waals surface area contributed by atoms with Gasteiger partial charge in [0.05, 0.1) is 34.7 Å². The van der Waals surface area contributed by atoms with Crippen LogP contribution in [0.4, 0.5) is 5.69 Å². The van der Waals surface area contributed by atoms with Crippen LogP contribution in [0.3, 0.4) is 0 Å². The zero-order valence-electron chi connectivity index (χ0n) is 14.6. The molecule has 0 heterocycles. The van der Waals surface area contributed by atoms with Crippen LogP contribution in [0.2, 0.25) is 5.02 Å². The lowest BCUT2D eigenvalue weighted by molar-refractivity contribution is -0.126. The van der Waals surface area contributed by atoms with Gasteiger partial charge in [-0.05, 0) is 52.4 Å². The van der Waals surface area contributed by atoms with E-state index in [4.69, 9.17) is 21.1 Å². The number of benzene rings is 2. The third kappa shape index (κ3) is 6.10. The van der Waals surface area contributed by atoms with Crippen molar-refractivity contribution in [3.63, 3.8) is 0 Å². The molecule has 9 heteroatoms. The third-order valence-electron chi connectivity index (χ3n) is 3.33. The minimum atomic E-state index is -0.550. The Kier molecular flexibility index (Phi) is 7.86. The van der Waals surface area contributed by atoms with Gasteiger partial charge in [0.25, 0.3) is 0 Å². The van der Waals surface area contributed by atoms with E-state index < -0.39 is 11.8 Å². The maximum atomic E-state index is 11.9. The Hall–Kier alpha value is -2.33. The summed E-state index contributed by atoms with van der Waals surface area (Å²) in [5.74, 6) is 0.134. The van der Waals surface area contributed by atoms with E-state index in [0.717, 1.165) is 3.57 Å². The smallest absolute Gasteiger partial charge is 0.249 e. The van der Waals surface area contributed by atoms with Crippen molar-refractivity contribution < 1.29 is 19.1 Å². The topological polar surface area (TPSA) is 89.0 Å². The zero-order valence-corrected chi connectivity index (χ0v) is 17.5. The van der Waals surface area contributed by atoms with Crippen molar-refractivity contribution in [3.8, 4) is 11.5 Å². The number of rotatable bonds is 7. The van der Waals surface area contributed by atoms with Crippen LogP contribution in [0.25, 0.3) is 0 Å². The van der Waals surface area contributed by atoms with Crippen LogP contribution in [0, 0.1) is 3.57 Å². The highest BCUT2D eigenvalue weighted by Crippen LogP contribution is 2.33. The van der Waals surface area contributed by atoms with Crippen LogP contribution in [0.15, 0.2) is 41.5 Å². The molecule has 0 unspecified atom stereocenters. The molecule has 2 rings (SSSR count). The van der Waals surface area contributed by atoms with Gasteiger partial charge in [-0.25, -0.2) is 5.43 Å². The van der Waals surface area contributed by atoms with Crippen molar-refractivity contribution in [3.05, 3.63) is 50.6 Å². The highest BCUT2D eigenvalue weighted by molar-refractivity contribution is 14.1. The average Bonchev–Trinajstić information content (AvgIpc) is 2.63. The maximum absolute atomic E-state index is 11.9. The van der Waals surface area contributed by atoms with Crippen LogP contribution >= 0.6 is 34.2 Å². The maximum Gasteiger partial charge on any atom is 0.249 e. The van der Waals surface area contributed by atoms with Gasteiger partial charge in [0.2, 0.25) is 11.8 Å². The number of nitrogens with one attached hydrogen (secondary N) is 2. The Labute approximate surface area is 175 Å². The van der Waals surface area contributed by atoms with Crippen LogP contribution in [0.1, 0.15) is 12.0 Å². The predicted molar refractivity (Wildman–Crippen MR) is 113 cm³/mol. The average molecular weight is 502 g/mol. The van der Waals surface area contributed by atoms with Crippen molar-refractivity contribution in [1.29, 1.82) is 0 Å². The molecule has 2 N–H and O–H groups in total. The van der Waals surface area contributed by atoms with E-state index in [1.54, 1.807) is 37.4 Å². The van der Waals surface area contributed by atoms with Gasteiger partial charge in [-0.1, -0.05) is 23.7 Å². The van der Waals surface area contributed by atoms with Crippen molar-refractivity contribution in [2.24, 2.45) is 5.10 Å². The highest BCUT2D eigenvalue weighted by Gasteiger charge is 2.11.